The number of ether oxygens (including phenoxy) is 1. The Labute approximate surface area is 215 Å². The van der Waals surface area contributed by atoms with Crippen LogP contribution in [0, 0.1) is 20.8 Å². The number of nitrogens with zero attached hydrogens (tertiary/aromatic N) is 1. The molecular formula is C27H32N4O6. The van der Waals surface area contributed by atoms with Crippen molar-refractivity contribution in [2.24, 2.45) is 0 Å². The van der Waals surface area contributed by atoms with Crippen LogP contribution in [0.4, 0.5) is 0 Å². The van der Waals surface area contributed by atoms with E-state index in [2.05, 4.69) is 21.1 Å². The number of nitrogens with one attached hydrogen (secondary N) is 3. The van der Waals surface area contributed by atoms with E-state index in [0.29, 0.717) is 11.5 Å². The second-order valence-corrected chi connectivity index (χ2v) is 8.90. The first-order chi connectivity index (χ1) is 17.6. The molecule has 0 aliphatic heterocycles. The number of aryl methyl sites for hydroxylation is 3. The monoisotopic (exact) mass is 508 g/mol. The molecule has 0 saturated heterocycles. The molecule has 3 amide bonds. The zero-order valence-electron chi connectivity index (χ0n) is 21.3. The van der Waals surface area contributed by atoms with Crippen LogP contribution >= 0.6 is 0 Å². The van der Waals surface area contributed by atoms with Crippen molar-refractivity contribution >= 4 is 17.7 Å². The van der Waals surface area contributed by atoms with E-state index in [-0.39, 0.29) is 18.8 Å². The highest BCUT2D eigenvalue weighted by atomic mass is 16.5. The number of carbonyl (C=O) groups is 3. The number of benzene rings is 2. The number of hydrogen-bond donors (Lipinski definition) is 4. The number of aliphatic hydroxyl groups excluding tert-OH is 1. The summed E-state index contributed by atoms with van der Waals surface area (Å²) in [4.78, 5) is 38.6. The van der Waals surface area contributed by atoms with Gasteiger partial charge in [-0.1, -0.05) is 52.7 Å². The van der Waals surface area contributed by atoms with Gasteiger partial charge in [0, 0.05) is 12.6 Å². The highest BCUT2D eigenvalue weighted by Gasteiger charge is 2.31. The molecule has 3 rings (SSSR count). The van der Waals surface area contributed by atoms with Crippen molar-refractivity contribution in [3.63, 3.8) is 0 Å². The van der Waals surface area contributed by atoms with E-state index in [1.807, 2.05) is 50.2 Å². The highest BCUT2D eigenvalue weighted by Crippen LogP contribution is 2.12. The van der Waals surface area contributed by atoms with Gasteiger partial charge in [-0.3, -0.25) is 14.4 Å². The number of carbonyl (C=O) groups excluding carboxylic acids is 3. The molecule has 0 unspecified atom stereocenters. The van der Waals surface area contributed by atoms with Crippen LogP contribution in [0.3, 0.4) is 0 Å². The quantitative estimate of drug-likeness (QED) is 0.310. The summed E-state index contributed by atoms with van der Waals surface area (Å²) < 4.78 is 10.7. The van der Waals surface area contributed by atoms with Crippen LogP contribution in [0.1, 0.15) is 39.9 Å². The van der Waals surface area contributed by atoms with Gasteiger partial charge in [-0.2, -0.15) is 0 Å². The number of aliphatic hydroxyl groups is 1. The maximum atomic E-state index is 13.1. The highest BCUT2D eigenvalue weighted by molar-refractivity contribution is 5.97. The minimum Gasteiger partial charge on any atom is -0.491 e. The van der Waals surface area contributed by atoms with Gasteiger partial charge in [0.2, 0.25) is 11.8 Å². The Kier molecular flexibility index (Phi) is 9.39. The third-order valence-corrected chi connectivity index (χ3v) is 5.57. The fourth-order valence-electron chi connectivity index (χ4n) is 3.37. The molecule has 10 heteroatoms. The molecule has 0 saturated carbocycles. The number of hydrogen-bond acceptors (Lipinski definition) is 7. The van der Waals surface area contributed by atoms with E-state index in [1.54, 1.807) is 19.1 Å². The zero-order valence-corrected chi connectivity index (χ0v) is 21.3. The summed E-state index contributed by atoms with van der Waals surface area (Å²) >= 11 is 0. The Hall–Kier alpha value is -4.18. The van der Waals surface area contributed by atoms with Crippen molar-refractivity contribution < 1.29 is 28.8 Å². The first-order valence-corrected chi connectivity index (χ1v) is 11.9. The Morgan fingerprint density at radius 1 is 0.946 bits per heavy atom. The Bertz CT molecular complexity index is 1200. The van der Waals surface area contributed by atoms with Gasteiger partial charge in [-0.05, 0) is 45.4 Å². The molecule has 3 atom stereocenters. The molecule has 196 valence electrons. The predicted molar refractivity (Wildman–Crippen MR) is 136 cm³/mol. The van der Waals surface area contributed by atoms with Crippen molar-refractivity contribution in [1.82, 2.24) is 21.1 Å². The number of rotatable bonds is 11. The van der Waals surface area contributed by atoms with Gasteiger partial charge in [0.25, 0.3) is 5.91 Å². The molecule has 0 bridgehead atoms. The van der Waals surface area contributed by atoms with Crippen LogP contribution in [0.5, 0.6) is 5.75 Å². The lowest BCUT2D eigenvalue weighted by atomic mass is 10.1. The minimum absolute atomic E-state index is 0.0361. The summed E-state index contributed by atoms with van der Waals surface area (Å²) in [7, 11) is 0. The first kappa shape index (κ1) is 27.4. The van der Waals surface area contributed by atoms with Crippen molar-refractivity contribution in [3.8, 4) is 5.75 Å². The lowest BCUT2D eigenvalue weighted by molar-refractivity contribution is -0.132. The molecule has 1 aromatic heterocycles. The fraction of sp³-hybridized carbons (Fsp3) is 0.333. The fourth-order valence-corrected chi connectivity index (χ4v) is 3.37. The molecule has 0 aliphatic rings. The van der Waals surface area contributed by atoms with E-state index in [9.17, 15) is 19.5 Å². The molecule has 1 heterocycles. The molecule has 4 N–H and O–H groups in total. The van der Waals surface area contributed by atoms with Crippen molar-refractivity contribution in [2.45, 2.75) is 52.4 Å². The van der Waals surface area contributed by atoms with Gasteiger partial charge in [-0.25, -0.2) is 0 Å². The number of amides is 3. The average Bonchev–Trinajstić information content (AvgIpc) is 3.31. The van der Waals surface area contributed by atoms with Gasteiger partial charge in [0.1, 0.15) is 30.2 Å². The lowest BCUT2D eigenvalue weighted by Gasteiger charge is -2.24. The second-order valence-electron chi connectivity index (χ2n) is 8.90. The maximum absolute atomic E-state index is 13.1. The van der Waals surface area contributed by atoms with Gasteiger partial charge in [-0.15, -0.1) is 0 Å². The maximum Gasteiger partial charge on any atom is 0.274 e. The largest absolute Gasteiger partial charge is 0.491 e. The van der Waals surface area contributed by atoms with E-state index < -0.39 is 35.9 Å². The molecule has 0 radical (unpaired) electrons. The smallest absolute Gasteiger partial charge is 0.274 e. The van der Waals surface area contributed by atoms with Gasteiger partial charge in [0.05, 0.1) is 6.10 Å². The summed E-state index contributed by atoms with van der Waals surface area (Å²) in [6, 6.07) is 13.9. The van der Waals surface area contributed by atoms with Crippen LogP contribution in [-0.4, -0.2) is 52.8 Å². The van der Waals surface area contributed by atoms with E-state index in [0.717, 1.165) is 16.7 Å². The topological polar surface area (TPSA) is 143 Å². The molecule has 0 aliphatic carbocycles. The zero-order chi connectivity index (χ0) is 26.9. The molecule has 10 nitrogen and oxygen atoms in total. The lowest BCUT2D eigenvalue weighted by Crippen LogP contribution is -2.58. The van der Waals surface area contributed by atoms with Gasteiger partial charge < -0.3 is 30.3 Å². The normalized spacial score (nSPS) is 13.2. The summed E-state index contributed by atoms with van der Waals surface area (Å²) in [6.07, 6.45) is -1.26. The van der Waals surface area contributed by atoms with Crippen LogP contribution in [0.15, 0.2) is 59.1 Å². The van der Waals surface area contributed by atoms with E-state index in [1.165, 1.54) is 13.0 Å². The molecule has 0 fully saturated rings. The summed E-state index contributed by atoms with van der Waals surface area (Å²) in [5.74, 6) is -0.996. The van der Waals surface area contributed by atoms with Crippen molar-refractivity contribution in [3.05, 3.63) is 82.7 Å². The Morgan fingerprint density at radius 2 is 1.57 bits per heavy atom. The molecular weight excluding hydrogens is 476 g/mol. The van der Waals surface area contributed by atoms with Gasteiger partial charge in [0.15, 0.2) is 5.69 Å². The Morgan fingerprint density at radius 3 is 2.14 bits per heavy atom. The van der Waals surface area contributed by atoms with Crippen molar-refractivity contribution in [1.29, 1.82) is 0 Å². The van der Waals surface area contributed by atoms with Crippen LogP contribution in [0.25, 0.3) is 0 Å². The third-order valence-electron chi connectivity index (χ3n) is 5.57. The van der Waals surface area contributed by atoms with E-state index >= 15 is 0 Å². The Balaban J connectivity index is 1.70. The minimum atomic E-state index is -1.35. The predicted octanol–water partition coefficient (Wildman–Crippen LogP) is 1.96. The van der Waals surface area contributed by atoms with E-state index in [4.69, 9.17) is 9.26 Å². The van der Waals surface area contributed by atoms with Crippen molar-refractivity contribution in [2.75, 3.05) is 6.61 Å². The summed E-state index contributed by atoms with van der Waals surface area (Å²) in [5, 5.41) is 21.6. The van der Waals surface area contributed by atoms with Crippen LogP contribution in [-0.2, 0) is 16.1 Å². The SMILES string of the molecule is Cc1ccc(CNC(=O)[C@H](COc2ccc(C)cc2)NC(=O)[C@@H](NC(=O)c2cc(C)on2)[C@@H](C)O)cc1. The summed E-state index contributed by atoms with van der Waals surface area (Å²) in [6.45, 7) is 6.97. The van der Waals surface area contributed by atoms with Crippen LogP contribution in [0.2, 0.25) is 0 Å². The van der Waals surface area contributed by atoms with Crippen LogP contribution < -0.4 is 20.7 Å². The second kappa shape index (κ2) is 12.7. The standard InChI is InChI=1S/C27H32N4O6/c1-16-5-9-20(10-6-16)14-28-25(33)23(15-36-21-11-7-17(2)8-12-21)29-27(35)24(19(4)32)30-26(34)22-13-18(3)37-31-22/h5-13,19,23-24,32H,14-15H2,1-4H3,(H,28,33)(H,29,35)(H,30,34)/t19-,23+,24+/m1/s1. The molecule has 2 aromatic carbocycles. The first-order valence-electron chi connectivity index (χ1n) is 11.9. The number of aromatic nitrogens is 1. The molecule has 3 aromatic rings. The van der Waals surface area contributed by atoms with Gasteiger partial charge >= 0.3 is 0 Å². The molecule has 0 spiro atoms. The summed E-state index contributed by atoms with van der Waals surface area (Å²) in [5.41, 5.74) is 3.00. The molecule has 37 heavy (non-hydrogen) atoms. The average molecular weight is 509 g/mol. The third kappa shape index (κ3) is 8.18.